The van der Waals surface area contributed by atoms with Crippen molar-refractivity contribution in [3.63, 3.8) is 0 Å². The minimum atomic E-state index is -0.101. The van der Waals surface area contributed by atoms with Crippen molar-refractivity contribution >= 4 is 11.8 Å². The topological polar surface area (TPSA) is 66.7 Å². The third kappa shape index (κ3) is 3.32. The van der Waals surface area contributed by atoms with Gasteiger partial charge < -0.3 is 14.3 Å². The number of carbonyl (C=O) groups excluding carboxylic acids is 2. The molecule has 2 saturated heterocycles. The largest absolute Gasteiger partial charge is 0.351 e. The second kappa shape index (κ2) is 7.36. The Morgan fingerprint density at radius 2 is 2.12 bits per heavy atom. The molecule has 0 aliphatic carbocycles. The van der Waals surface area contributed by atoms with Gasteiger partial charge in [-0.3, -0.25) is 9.59 Å². The van der Waals surface area contributed by atoms with Crippen molar-refractivity contribution in [1.29, 1.82) is 0 Å². The van der Waals surface area contributed by atoms with E-state index in [-0.39, 0.29) is 17.9 Å². The van der Waals surface area contributed by atoms with Gasteiger partial charge in [-0.25, -0.2) is 0 Å². The maximum atomic E-state index is 12.7. The first kappa shape index (κ1) is 17.0. The van der Waals surface area contributed by atoms with Gasteiger partial charge in [0.25, 0.3) is 5.91 Å². The van der Waals surface area contributed by atoms with E-state index < -0.39 is 0 Å². The fourth-order valence-electron chi connectivity index (χ4n) is 3.89. The fourth-order valence-corrected chi connectivity index (χ4v) is 3.89. The van der Waals surface area contributed by atoms with Crippen LogP contribution < -0.4 is 0 Å². The first-order valence-electron chi connectivity index (χ1n) is 9.19. The van der Waals surface area contributed by atoms with E-state index in [4.69, 9.17) is 4.52 Å². The summed E-state index contributed by atoms with van der Waals surface area (Å²) in [5.74, 6) is 0.790. The van der Waals surface area contributed by atoms with Crippen LogP contribution in [-0.4, -0.2) is 52.4 Å². The van der Waals surface area contributed by atoms with Crippen molar-refractivity contribution in [2.75, 3.05) is 19.6 Å². The molecule has 1 aromatic rings. The predicted molar refractivity (Wildman–Crippen MR) is 89.7 cm³/mol. The number of hydrogen-bond acceptors (Lipinski definition) is 4. The number of piperidine rings is 1. The van der Waals surface area contributed by atoms with Gasteiger partial charge in [-0.2, -0.15) is 0 Å². The quantitative estimate of drug-likeness (QED) is 0.831. The van der Waals surface area contributed by atoms with Crippen LogP contribution in [-0.2, 0) is 4.79 Å². The summed E-state index contributed by atoms with van der Waals surface area (Å²) in [6.07, 6.45) is 5.45. The Balaban J connectivity index is 1.67. The van der Waals surface area contributed by atoms with Gasteiger partial charge in [0, 0.05) is 44.1 Å². The fraction of sp³-hybridized carbons (Fsp3) is 0.722. The van der Waals surface area contributed by atoms with Crippen LogP contribution >= 0.6 is 0 Å². The highest BCUT2D eigenvalue weighted by molar-refractivity contribution is 5.91. The molecule has 2 aliphatic heterocycles. The van der Waals surface area contributed by atoms with E-state index in [1.54, 1.807) is 6.07 Å². The molecule has 6 nitrogen and oxygen atoms in total. The lowest BCUT2D eigenvalue weighted by molar-refractivity contribution is -0.130. The normalized spacial score (nSPS) is 21.8. The van der Waals surface area contributed by atoms with E-state index in [1.165, 1.54) is 0 Å². The molecule has 6 heteroatoms. The Kier molecular flexibility index (Phi) is 5.21. The van der Waals surface area contributed by atoms with Gasteiger partial charge >= 0.3 is 0 Å². The monoisotopic (exact) mass is 333 g/mol. The minimum Gasteiger partial charge on any atom is -0.351 e. The summed E-state index contributed by atoms with van der Waals surface area (Å²) >= 11 is 0. The average Bonchev–Trinajstić information content (AvgIpc) is 3.25. The summed E-state index contributed by atoms with van der Waals surface area (Å²) < 4.78 is 5.32. The molecule has 0 saturated carbocycles. The molecule has 0 aromatic carbocycles. The third-order valence-electron chi connectivity index (χ3n) is 5.38. The highest BCUT2D eigenvalue weighted by atomic mass is 16.5. The number of amides is 2. The second-order valence-corrected chi connectivity index (χ2v) is 6.87. The van der Waals surface area contributed by atoms with Crippen LogP contribution in [0.5, 0.6) is 0 Å². The SMILES string of the molecule is CCC(CC)c1cc(C(=O)N2CCC[C@H](N3CCCC3=O)C2)on1. The van der Waals surface area contributed by atoms with E-state index in [2.05, 4.69) is 19.0 Å². The Hall–Kier alpha value is -1.85. The summed E-state index contributed by atoms with van der Waals surface area (Å²) in [6, 6.07) is 1.95. The summed E-state index contributed by atoms with van der Waals surface area (Å²) in [5.41, 5.74) is 0.867. The molecule has 2 fully saturated rings. The minimum absolute atomic E-state index is 0.101. The lowest BCUT2D eigenvalue weighted by Crippen LogP contribution is -2.50. The Morgan fingerprint density at radius 1 is 1.33 bits per heavy atom. The summed E-state index contributed by atoms with van der Waals surface area (Å²) in [7, 11) is 0. The standard InChI is InChI=1S/C18H27N3O3/c1-3-13(4-2)15-11-16(24-19-15)18(23)20-9-5-7-14(12-20)21-10-6-8-17(21)22/h11,13-14H,3-10,12H2,1-2H3/t14-/m0/s1. The molecule has 3 heterocycles. The van der Waals surface area contributed by atoms with Gasteiger partial charge in [0.15, 0.2) is 0 Å². The number of aromatic nitrogens is 1. The molecule has 0 bridgehead atoms. The van der Waals surface area contributed by atoms with E-state index >= 15 is 0 Å². The number of rotatable bonds is 5. The molecule has 132 valence electrons. The number of likely N-dealkylation sites (tertiary alicyclic amines) is 2. The Bertz CT molecular complexity index is 594. The lowest BCUT2D eigenvalue weighted by Gasteiger charge is -2.37. The molecule has 0 spiro atoms. The first-order valence-corrected chi connectivity index (χ1v) is 9.19. The zero-order valence-corrected chi connectivity index (χ0v) is 14.7. The van der Waals surface area contributed by atoms with Crippen molar-refractivity contribution in [3.8, 4) is 0 Å². The van der Waals surface area contributed by atoms with Crippen LogP contribution in [0.1, 0.15) is 74.5 Å². The lowest BCUT2D eigenvalue weighted by atomic mass is 9.99. The highest BCUT2D eigenvalue weighted by Crippen LogP contribution is 2.25. The maximum Gasteiger partial charge on any atom is 0.292 e. The Labute approximate surface area is 143 Å². The van der Waals surface area contributed by atoms with Crippen molar-refractivity contribution in [3.05, 3.63) is 17.5 Å². The second-order valence-electron chi connectivity index (χ2n) is 6.87. The highest BCUT2D eigenvalue weighted by Gasteiger charge is 2.34. The van der Waals surface area contributed by atoms with Crippen molar-refractivity contribution in [2.24, 2.45) is 0 Å². The van der Waals surface area contributed by atoms with Gasteiger partial charge in [0.05, 0.1) is 5.69 Å². The number of hydrogen-bond donors (Lipinski definition) is 0. The molecule has 0 unspecified atom stereocenters. The van der Waals surface area contributed by atoms with Gasteiger partial charge in [-0.1, -0.05) is 19.0 Å². The third-order valence-corrected chi connectivity index (χ3v) is 5.38. The summed E-state index contributed by atoms with van der Waals surface area (Å²) in [5, 5.41) is 4.10. The first-order chi connectivity index (χ1) is 11.6. The number of nitrogens with zero attached hydrogens (tertiary/aromatic N) is 3. The van der Waals surface area contributed by atoms with Crippen LogP contribution in [0.3, 0.4) is 0 Å². The average molecular weight is 333 g/mol. The van der Waals surface area contributed by atoms with E-state index in [0.717, 1.165) is 50.9 Å². The summed E-state index contributed by atoms with van der Waals surface area (Å²) in [4.78, 5) is 28.5. The van der Waals surface area contributed by atoms with Gasteiger partial charge in [-0.05, 0) is 32.1 Å². The van der Waals surface area contributed by atoms with Gasteiger partial charge in [-0.15, -0.1) is 0 Å². The molecule has 1 atom stereocenters. The van der Waals surface area contributed by atoms with Crippen molar-refractivity contribution in [1.82, 2.24) is 15.0 Å². The van der Waals surface area contributed by atoms with E-state index in [9.17, 15) is 9.59 Å². The van der Waals surface area contributed by atoms with Crippen LogP contribution in [0.15, 0.2) is 10.6 Å². The van der Waals surface area contributed by atoms with Crippen molar-refractivity contribution in [2.45, 2.75) is 64.3 Å². The molecule has 3 rings (SSSR count). The smallest absolute Gasteiger partial charge is 0.292 e. The molecule has 2 amide bonds. The van der Waals surface area contributed by atoms with Gasteiger partial charge in [0.1, 0.15) is 0 Å². The van der Waals surface area contributed by atoms with Crippen LogP contribution in [0.25, 0.3) is 0 Å². The zero-order valence-electron chi connectivity index (χ0n) is 14.7. The van der Waals surface area contributed by atoms with E-state index in [1.807, 2.05) is 9.80 Å². The Morgan fingerprint density at radius 3 is 2.79 bits per heavy atom. The summed E-state index contributed by atoms with van der Waals surface area (Å²) in [6.45, 7) is 6.38. The predicted octanol–water partition coefficient (Wildman–Crippen LogP) is 2.81. The number of carbonyl (C=O) groups is 2. The molecule has 1 aromatic heterocycles. The zero-order chi connectivity index (χ0) is 17.1. The molecule has 24 heavy (non-hydrogen) atoms. The molecule has 2 aliphatic rings. The molecular formula is C18H27N3O3. The molecular weight excluding hydrogens is 306 g/mol. The van der Waals surface area contributed by atoms with Gasteiger partial charge in [0.2, 0.25) is 11.7 Å². The van der Waals surface area contributed by atoms with Crippen LogP contribution in [0.4, 0.5) is 0 Å². The van der Waals surface area contributed by atoms with E-state index in [0.29, 0.717) is 24.6 Å². The maximum absolute atomic E-state index is 12.7. The van der Waals surface area contributed by atoms with Crippen molar-refractivity contribution < 1.29 is 14.1 Å². The van der Waals surface area contributed by atoms with Crippen LogP contribution in [0, 0.1) is 0 Å². The van der Waals surface area contributed by atoms with Crippen LogP contribution in [0.2, 0.25) is 0 Å². The molecule has 0 N–H and O–H groups in total. The molecule has 0 radical (unpaired) electrons.